The van der Waals surface area contributed by atoms with Gasteiger partial charge < -0.3 is 10.1 Å². The molecule has 166 valence electrons. The first-order valence-electron chi connectivity index (χ1n) is 10.6. The van der Waals surface area contributed by atoms with E-state index < -0.39 is 17.8 Å². The highest BCUT2D eigenvalue weighted by atomic mass is 19.1. The Bertz CT molecular complexity index is 1080. The third-order valence-corrected chi connectivity index (χ3v) is 5.68. The number of rotatable bonds is 7. The summed E-state index contributed by atoms with van der Waals surface area (Å²) in [6, 6.07) is 13.2. The topological polar surface area (TPSA) is 87.3 Å². The van der Waals surface area contributed by atoms with Crippen LogP contribution in [0.15, 0.2) is 60.8 Å². The number of methoxy groups -OCH3 is 1. The van der Waals surface area contributed by atoms with Gasteiger partial charge in [-0.15, -0.1) is 0 Å². The van der Waals surface area contributed by atoms with Gasteiger partial charge in [-0.1, -0.05) is 37.1 Å². The number of amides is 2. The molecule has 1 fully saturated rings. The molecule has 4 rings (SSSR count). The number of anilines is 1. The minimum absolute atomic E-state index is 0.00138. The molecular weight excluding hydrogens is 411 g/mol. The molecule has 0 bridgehead atoms. The number of ether oxygens (including phenoxy) is 1. The predicted molar refractivity (Wildman–Crippen MR) is 118 cm³/mol. The Hall–Kier alpha value is -3.68. The van der Waals surface area contributed by atoms with Gasteiger partial charge in [0.2, 0.25) is 5.91 Å². The van der Waals surface area contributed by atoms with Crippen molar-refractivity contribution in [2.45, 2.75) is 37.8 Å². The molecule has 2 N–H and O–H groups in total. The third kappa shape index (κ3) is 4.49. The lowest BCUT2D eigenvalue weighted by molar-refractivity contribution is -0.123. The van der Waals surface area contributed by atoms with E-state index in [0.717, 1.165) is 25.7 Å². The number of carbonyl (C=O) groups is 2. The fourth-order valence-corrected chi connectivity index (χ4v) is 4.10. The maximum absolute atomic E-state index is 15.0. The van der Waals surface area contributed by atoms with Gasteiger partial charge in [0.1, 0.15) is 23.3 Å². The molecule has 7 nitrogen and oxygen atoms in total. The van der Waals surface area contributed by atoms with Crippen LogP contribution in [0, 0.1) is 5.82 Å². The van der Waals surface area contributed by atoms with Gasteiger partial charge in [0.25, 0.3) is 5.91 Å². The van der Waals surface area contributed by atoms with Crippen molar-refractivity contribution >= 4 is 17.5 Å². The lowest BCUT2D eigenvalue weighted by Gasteiger charge is -2.32. The summed E-state index contributed by atoms with van der Waals surface area (Å²) in [6.45, 7) is 0. The fourth-order valence-electron chi connectivity index (χ4n) is 4.10. The number of halogens is 1. The van der Waals surface area contributed by atoms with Crippen molar-refractivity contribution in [3.8, 4) is 5.75 Å². The Morgan fingerprint density at radius 2 is 1.94 bits per heavy atom. The number of carbonyl (C=O) groups excluding carboxylic acids is 2. The molecule has 3 aromatic rings. The van der Waals surface area contributed by atoms with Crippen LogP contribution in [-0.4, -0.2) is 35.2 Å². The molecule has 8 heteroatoms. The summed E-state index contributed by atoms with van der Waals surface area (Å²) in [4.78, 5) is 28.3. The zero-order chi connectivity index (χ0) is 22.5. The molecule has 0 saturated heterocycles. The molecule has 0 aliphatic heterocycles. The summed E-state index contributed by atoms with van der Waals surface area (Å²) in [5, 5.41) is 9.53. The SMILES string of the molecule is COc1cccc(C(C(=O)NC2CCCC2)N(C(=O)c2ccn[nH]2)c2ccccc2F)c1. The van der Waals surface area contributed by atoms with Gasteiger partial charge in [-0.05, 0) is 48.7 Å². The van der Waals surface area contributed by atoms with E-state index in [1.807, 2.05) is 0 Å². The van der Waals surface area contributed by atoms with Gasteiger partial charge in [-0.2, -0.15) is 5.10 Å². The smallest absolute Gasteiger partial charge is 0.277 e. The minimum atomic E-state index is -1.11. The molecule has 1 aliphatic rings. The molecule has 2 amide bonds. The summed E-state index contributed by atoms with van der Waals surface area (Å²) < 4.78 is 20.3. The number of aromatic amines is 1. The molecule has 32 heavy (non-hydrogen) atoms. The first-order chi connectivity index (χ1) is 15.6. The maximum atomic E-state index is 15.0. The summed E-state index contributed by atoms with van der Waals surface area (Å²) >= 11 is 0. The molecule has 1 heterocycles. The lowest BCUT2D eigenvalue weighted by atomic mass is 10.0. The van der Waals surface area contributed by atoms with E-state index in [4.69, 9.17) is 4.74 Å². The number of nitrogens with zero attached hydrogens (tertiary/aromatic N) is 2. The Balaban J connectivity index is 1.84. The van der Waals surface area contributed by atoms with Gasteiger partial charge in [0.05, 0.1) is 12.8 Å². The van der Waals surface area contributed by atoms with E-state index >= 15 is 0 Å². The van der Waals surface area contributed by atoms with E-state index in [1.165, 1.54) is 42.5 Å². The van der Waals surface area contributed by atoms with Gasteiger partial charge in [0, 0.05) is 12.2 Å². The zero-order valence-electron chi connectivity index (χ0n) is 17.8. The van der Waals surface area contributed by atoms with Crippen LogP contribution in [0.1, 0.15) is 47.8 Å². The molecule has 1 aromatic heterocycles. The Kier molecular flexibility index (Phi) is 6.49. The molecule has 1 saturated carbocycles. The van der Waals surface area contributed by atoms with Crippen LogP contribution in [0.3, 0.4) is 0 Å². The summed E-state index contributed by atoms with van der Waals surface area (Å²) in [7, 11) is 1.52. The second-order valence-electron chi connectivity index (χ2n) is 7.77. The van der Waals surface area contributed by atoms with E-state index in [1.54, 1.807) is 30.3 Å². The van der Waals surface area contributed by atoms with Crippen LogP contribution in [-0.2, 0) is 4.79 Å². The highest BCUT2D eigenvalue weighted by Crippen LogP contribution is 2.33. The monoisotopic (exact) mass is 436 g/mol. The van der Waals surface area contributed by atoms with Crippen LogP contribution >= 0.6 is 0 Å². The number of H-pyrrole nitrogens is 1. The van der Waals surface area contributed by atoms with Crippen LogP contribution in [0.25, 0.3) is 0 Å². The van der Waals surface area contributed by atoms with Crippen molar-refractivity contribution in [3.05, 3.63) is 77.9 Å². The Labute approximate surface area is 185 Å². The van der Waals surface area contributed by atoms with Crippen molar-refractivity contribution in [1.29, 1.82) is 0 Å². The highest BCUT2D eigenvalue weighted by molar-refractivity contribution is 6.09. The average Bonchev–Trinajstić information content (AvgIpc) is 3.52. The molecule has 1 atom stereocenters. The number of hydrogen-bond acceptors (Lipinski definition) is 4. The van der Waals surface area contributed by atoms with Crippen molar-refractivity contribution in [1.82, 2.24) is 15.5 Å². The lowest BCUT2D eigenvalue weighted by Crippen LogP contribution is -2.46. The molecule has 2 aromatic carbocycles. The van der Waals surface area contributed by atoms with Crippen LogP contribution in [0.4, 0.5) is 10.1 Å². The van der Waals surface area contributed by atoms with Crippen molar-refractivity contribution in [3.63, 3.8) is 0 Å². The summed E-state index contributed by atoms with van der Waals surface area (Å²) in [5.74, 6) is -1.02. The summed E-state index contributed by atoms with van der Waals surface area (Å²) in [6.07, 6.45) is 5.28. The Morgan fingerprint density at radius 3 is 2.62 bits per heavy atom. The zero-order valence-corrected chi connectivity index (χ0v) is 17.8. The van der Waals surface area contributed by atoms with Crippen molar-refractivity contribution in [2.75, 3.05) is 12.0 Å². The van der Waals surface area contributed by atoms with Crippen LogP contribution in [0.5, 0.6) is 5.75 Å². The normalized spacial score (nSPS) is 14.7. The number of hydrogen-bond donors (Lipinski definition) is 2. The second kappa shape index (κ2) is 9.64. The first kappa shape index (κ1) is 21.5. The maximum Gasteiger partial charge on any atom is 0.277 e. The van der Waals surface area contributed by atoms with Crippen LogP contribution < -0.4 is 15.0 Å². The van der Waals surface area contributed by atoms with Gasteiger partial charge >= 0.3 is 0 Å². The summed E-state index contributed by atoms with van der Waals surface area (Å²) in [5.41, 5.74) is 0.660. The molecule has 0 radical (unpaired) electrons. The molecule has 1 aliphatic carbocycles. The van der Waals surface area contributed by atoms with Crippen molar-refractivity contribution in [2.24, 2.45) is 0 Å². The van der Waals surface area contributed by atoms with Gasteiger partial charge in [-0.3, -0.25) is 19.6 Å². The second-order valence-corrected chi connectivity index (χ2v) is 7.77. The van der Waals surface area contributed by atoms with Crippen molar-refractivity contribution < 1.29 is 18.7 Å². The molecule has 1 unspecified atom stereocenters. The number of para-hydroxylation sites is 1. The highest BCUT2D eigenvalue weighted by Gasteiger charge is 2.36. The van der Waals surface area contributed by atoms with Gasteiger partial charge in [0.15, 0.2) is 0 Å². The van der Waals surface area contributed by atoms with E-state index in [9.17, 15) is 14.0 Å². The largest absolute Gasteiger partial charge is 0.497 e. The predicted octanol–water partition coefficient (Wildman–Crippen LogP) is 4.00. The van der Waals surface area contributed by atoms with E-state index in [2.05, 4.69) is 15.5 Å². The number of nitrogens with one attached hydrogen (secondary N) is 2. The standard InChI is InChI=1S/C24H25FN4O3/c1-32-18-10-6-7-16(15-18)22(23(30)27-17-8-2-3-9-17)29(21-12-5-4-11-19(21)25)24(31)20-13-14-26-28-20/h4-7,10-15,17,22H,2-3,8-9H2,1H3,(H,26,28)(H,27,30). The molecule has 0 spiro atoms. The van der Waals surface area contributed by atoms with Gasteiger partial charge in [-0.25, -0.2) is 4.39 Å². The molecular formula is C24H25FN4O3. The number of aromatic nitrogens is 2. The van der Waals surface area contributed by atoms with E-state index in [0.29, 0.717) is 11.3 Å². The average molecular weight is 436 g/mol. The minimum Gasteiger partial charge on any atom is -0.497 e. The van der Waals surface area contributed by atoms with Crippen LogP contribution in [0.2, 0.25) is 0 Å². The fraction of sp³-hybridized carbons (Fsp3) is 0.292. The number of benzene rings is 2. The Morgan fingerprint density at radius 1 is 1.16 bits per heavy atom. The third-order valence-electron chi connectivity index (χ3n) is 5.68. The first-order valence-corrected chi connectivity index (χ1v) is 10.6. The quantitative estimate of drug-likeness (QED) is 0.586. The van der Waals surface area contributed by atoms with E-state index in [-0.39, 0.29) is 23.3 Å².